The summed E-state index contributed by atoms with van der Waals surface area (Å²) >= 11 is 6.58. The molecule has 9 nitrogen and oxygen atoms in total. The largest absolute Gasteiger partial charge is 0.507 e. The van der Waals surface area contributed by atoms with Crippen LogP contribution in [0.3, 0.4) is 0 Å². The second kappa shape index (κ2) is 12.0. The molecule has 0 atom stereocenters. The number of nitrogens with zero attached hydrogens (tertiary/aromatic N) is 2. The molecular weight excluding hydrogens is 584 g/mol. The molecular formula is C24H18Br2N4O5. The predicted octanol–water partition coefficient (Wildman–Crippen LogP) is 4.23. The molecule has 0 fully saturated rings. The number of methoxy groups -OCH3 is 1. The molecule has 0 saturated heterocycles. The molecule has 0 spiro atoms. The molecule has 11 heteroatoms. The van der Waals surface area contributed by atoms with Crippen LogP contribution in [0.5, 0.6) is 5.75 Å². The van der Waals surface area contributed by atoms with Crippen molar-refractivity contribution >= 4 is 62.1 Å². The van der Waals surface area contributed by atoms with E-state index >= 15 is 0 Å². The summed E-state index contributed by atoms with van der Waals surface area (Å²) in [6, 6.07) is 16.1. The van der Waals surface area contributed by atoms with Gasteiger partial charge in [0.25, 0.3) is 11.8 Å². The fourth-order valence-electron chi connectivity index (χ4n) is 2.82. The summed E-state index contributed by atoms with van der Waals surface area (Å²) in [5.41, 5.74) is 5.78. The number of benzene rings is 3. The van der Waals surface area contributed by atoms with Crippen LogP contribution in [-0.4, -0.2) is 42.4 Å². The van der Waals surface area contributed by atoms with Gasteiger partial charge in [-0.05, 0) is 48.5 Å². The molecule has 0 radical (unpaired) electrons. The second-order valence-electron chi connectivity index (χ2n) is 6.91. The van der Waals surface area contributed by atoms with Crippen molar-refractivity contribution in [1.29, 1.82) is 0 Å². The van der Waals surface area contributed by atoms with Gasteiger partial charge in [0.1, 0.15) is 5.75 Å². The number of hydrogen-bond acceptors (Lipinski definition) is 7. The Balaban J connectivity index is 1.81. The lowest BCUT2D eigenvalue weighted by Crippen LogP contribution is -2.18. The zero-order chi connectivity index (χ0) is 25.4. The summed E-state index contributed by atoms with van der Waals surface area (Å²) in [4.78, 5) is 36.6. The number of halogens is 2. The number of aromatic hydroxyl groups is 1. The van der Waals surface area contributed by atoms with E-state index in [4.69, 9.17) is 4.74 Å². The van der Waals surface area contributed by atoms with Gasteiger partial charge in [0.2, 0.25) is 0 Å². The molecule has 3 aromatic carbocycles. The molecule has 35 heavy (non-hydrogen) atoms. The normalized spacial score (nSPS) is 10.9. The number of esters is 1. The first-order chi connectivity index (χ1) is 16.8. The summed E-state index contributed by atoms with van der Waals surface area (Å²) in [5.74, 6) is -1.88. The average molecular weight is 602 g/mol. The van der Waals surface area contributed by atoms with Crippen molar-refractivity contribution in [1.82, 2.24) is 10.9 Å². The molecule has 0 aliphatic heterocycles. The number of carbonyl (C=O) groups is 3. The highest BCUT2D eigenvalue weighted by atomic mass is 79.9. The van der Waals surface area contributed by atoms with Crippen molar-refractivity contribution in [3.63, 3.8) is 0 Å². The monoisotopic (exact) mass is 600 g/mol. The van der Waals surface area contributed by atoms with E-state index in [1.807, 2.05) is 0 Å². The van der Waals surface area contributed by atoms with Crippen molar-refractivity contribution in [2.24, 2.45) is 10.2 Å². The van der Waals surface area contributed by atoms with Crippen LogP contribution in [0.15, 0.2) is 79.8 Å². The third-order valence-corrected chi connectivity index (χ3v) is 5.49. The number of carbonyl (C=O) groups excluding carboxylic acids is 3. The SMILES string of the molecule is COC(=O)c1cc(C=NNC(=O)c2cccc(Br)c2)c(O)c(/C=N/NC(=O)c2cccc(Br)c2)c1. The molecule has 0 aliphatic carbocycles. The van der Waals surface area contributed by atoms with Gasteiger partial charge in [-0.1, -0.05) is 44.0 Å². The minimum absolute atomic E-state index is 0.102. The number of nitrogens with one attached hydrogen (secondary N) is 2. The fourth-order valence-corrected chi connectivity index (χ4v) is 3.62. The number of rotatable bonds is 7. The number of amides is 2. The molecule has 3 N–H and O–H groups in total. The van der Waals surface area contributed by atoms with Crippen LogP contribution >= 0.6 is 31.9 Å². The fraction of sp³-hybridized carbons (Fsp3) is 0.0417. The van der Waals surface area contributed by atoms with Gasteiger partial charge in [-0.25, -0.2) is 15.6 Å². The van der Waals surface area contributed by atoms with Crippen LogP contribution in [0, 0.1) is 0 Å². The van der Waals surface area contributed by atoms with E-state index in [9.17, 15) is 19.5 Å². The van der Waals surface area contributed by atoms with Crippen LogP contribution in [0.1, 0.15) is 42.2 Å². The Morgan fingerprint density at radius 1 is 0.800 bits per heavy atom. The van der Waals surface area contributed by atoms with Crippen molar-refractivity contribution in [3.05, 3.63) is 97.4 Å². The topological polar surface area (TPSA) is 129 Å². The summed E-state index contributed by atoms with van der Waals surface area (Å²) < 4.78 is 6.21. The molecule has 0 aromatic heterocycles. The van der Waals surface area contributed by atoms with E-state index in [1.165, 1.54) is 31.7 Å². The first-order valence-corrected chi connectivity index (χ1v) is 11.5. The smallest absolute Gasteiger partial charge is 0.337 e. The van der Waals surface area contributed by atoms with Crippen LogP contribution in [0.25, 0.3) is 0 Å². The van der Waals surface area contributed by atoms with Gasteiger partial charge in [0.05, 0.1) is 25.1 Å². The third-order valence-electron chi connectivity index (χ3n) is 4.50. The standard InChI is InChI=1S/C24H18Br2N4O5/c1-35-24(34)16-8-17(12-27-29-22(32)14-4-2-6-19(25)10-14)21(31)18(9-16)13-28-30-23(33)15-5-3-7-20(26)11-15/h2-13,31H,1H3,(H,29,32)(H,30,33)/b27-12+,28-13?. The first kappa shape index (κ1) is 25.8. The van der Waals surface area contributed by atoms with Crippen LogP contribution in [0.4, 0.5) is 0 Å². The van der Waals surface area contributed by atoms with Crippen LogP contribution in [0.2, 0.25) is 0 Å². The van der Waals surface area contributed by atoms with Crippen molar-refractivity contribution in [3.8, 4) is 5.75 Å². The maximum Gasteiger partial charge on any atom is 0.337 e. The number of ether oxygens (including phenoxy) is 1. The third kappa shape index (κ3) is 7.08. The van der Waals surface area contributed by atoms with Crippen LogP contribution in [-0.2, 0) is 4.74 Å². The van der Waals surface area contributed by atoms with Gasteiger partial charge in [-0.2, -0.15) is 10.2 Å². The Kier molecular flexibility index (Phi) is 8.87. The van der Waals surface area contributed by atoms with Crippen molar-refractivity contribution < 1.29 is 24.2 Å². The molecule has 0 saturated carbocycles. The van der Waals surface area contributed by atoms with Crippen molar-refractivity contribution in [2.45, 2.75) is 0 Å². The lowest BCUT2D eigenvalue weighted by atomic mass is 10.0. The Morgan fingerprint density at radius 2 is 1.26 bits per heavy atom. The predicted molar refractivity (Wildman–Crippen MR) is 138 cm³/mol. The molecule has 3 rings (SSSR count). The van der Waals surface area contributed by atoms with Gasteiger partial charge >= 0.3 is 5.97 Å². The van der Waals surface area contributed by atoms with E-state index in [1.54, 1.807) is 48.5 Å². The summed E-state index contributed by atoms with van der Waals surface area (Å²) in [5, 5.41) is 18.4. The minimum Gasteiger partial charge on any atom is -0.507 e. The van der Waals surface area contributed by atoms with Gasteiger partial charge in [-0.3, -0.25) is 9.59 Å². The minimum atomic E-state index is -0.661. The van der Waals surface area contributed by atoms with Gasteiger partial charge < -0.3 is 9.84 Å². The van der Waals surface area contributed by atoms with Gasteiger partial charge in [0.15, 0.2) is 0 Å². The van der Waals surface area contributed by atoms with E-state index in [2.05, 4.69) is 52.9 Å². The number of hydrogen-bond donors (Lipinski definition) is 3. The zero-order valence-corrected chi connectivity index (χ0v) is 21.3. The lowest BCUT2D eigenvalue weighted by Gasteiger charge is -2.07. The maximum atomic E-state index is 12.3. The Morgan fingerprint density at radius 3 is 1.66 bits per heavy atom. The molecule has 2 amide bonds. The summed E-state index contributed by atoms with van der Waals surface area (Å²) in [6.45, 7) is 0. The quantitative estimate of drug-likeness (QED) is 0.212. The van der Waals surface area contributed by atoms with E-state index in [0.29, 0.717) is 11.1 Å². The Labute approximate surface area is 217 Å². The number of phenols is 1. The van der Waals surface area contributed by atoms with E-state index < -0.39 is 17.8 Å². The highest BCUT2D eigenvalue weighted by Crippen LogP contribution is 2.23. The number of hydrazone groups is 2. The molecule has 0 unspecified atom stereocenters. The molecule has 3 aromatic rings. The Hall–Kier alpha value is -3.83. The van der Waals surface area contributed by atoms with Crippen molar-refractivity contribution in [2.75, 3.05) is 7.11 Å². The number of phenolic OH excluding ortho intramolecular Hbond substituents is 1. The second-order valence-corrected chi connectivity index (χ2v) is 8.75. The van der Waals surface area contributed by atoms with Gasteiger partial charge in [0, 0.05) is 31.2 Å². The molecule has 0 aliphatic rings. The van der Waals surface area contributed by atoms with E-state index in [-0.39, 0.29) is 22.4 Å². The van der Waals surface area contributed by atoms with Gasteiger partial charge in [-0.15, -0.1) is 0 Å². The maximum absolute atomic E-state index is 12.3. The zero-order valence-electron chi connectivity index (χ0n) is 18.2. The molecule has 0 bridgehead atoms. The van der Waals surface area contributed by atoms with Crippen LogP contribution < -0.4 is 10.9 Å². The molecule has 0 heterocycles. The lowest BCUT2D eigenvalue weighted by molar-refractivity contribution is 0.0600. The summed E-state index contributed by atoms with van der Waals surface area (Å²) in [7, 11) is 1.22. The first-order valence-electron chi connectivity index (χ1n) is 9.91. The average Bonchev–Trinajstić information content (AvgIpc) is 2.85. The highest BCUT2D eigenvalue weighted by molar-refractivity contribution is 9.10. The molecule has 178 valence electrons. The summed E-state index contributed by atoms with van der Waals surface area (Å²) in [6.07, 6.45) is 2.35. The highest BCUT2D eigenvalue weighted by Gasteiger charge is 2.14. The Bertz CT molecular complexity index is 1250. The van der Waals surface area contributed by atoms with E-state index in [0.717, 1.165) is 8.95 Å².